The minimum absolute atomic E-state index is 0.137. The number of carbonyl (C=O) groups is 1. The van der Waals surface area contributed by atoms with Crippen LogP contribution in [0.2, 0.25) is 0 Å². The Morgan fingerprint density at radius 3 is 2.75 bits per heavy atom. The highest BCUT2D eigenvalue weighted by molar-refractivity contribution is 5.93. The van der Waals surface area contributed by atoms with E-state index in [0.29, 0.717) is 65.8 Å². The molecule has 3 aromatic rings. The van der Waals surface area contributed by atoms with Crippen molar-refractivity contribution in [2.24, 2.45) is 0 Å². The summed E-state index contributed by atoms with van der Waals surface area (Å²) in [6.07, 6.45) is 1.36. The van der Waals surface area contributed by atoms with Crippen LogP contribution in [0, 0.1) is 12.7 Å². The maximum Gasteiger partial charge on any atom is 0.260 e. The Morgan fingerprint density at radius 2 is 2.00 bits per heavy atom. The molecule has 2 aromatic carbocycles. The number of ether oxygens (including phenoxy) is 3. The Labute approximate surface area is 183 Å². The van der Waals surface area contributed by atoms with E-state index in [1.807, 2.05) is 0 Å². The molecule has 1 aliphatic rings. The van der Waals surface area contributed by atoms with E-state index < -0.39 is 5.82 Å². The highest BCUT2D eigenvalue weighted by Gasteiger charge is 2.19. The van der Waals surface area contributed by atoms with Crippen molar-refractivity contribution >= 4 is 28.3 Å². The van der Waals surface area contributed by atoms with Gasteiger partial charge in [-0.05, 0) is 19.1 Å². The number of rotatable bonds is 6. The number of methoxy groups -OCH3 is 1. The van der Waals surface area contributed by atoms with Crippen molar-refractivity contribution in [2.75, 3.05) is 45.3 Å². The minimum atomic E-state index is -0.577. The summed E-state index contributed by atoms with van der Waals surface area (Å²) in [6.45, 7) is 3.63. The molecule has 32 heavy (non-hydrogen) atoms. The van der Waals surface area contributed by atoms with E-state index in [4.69, 9.17) is 14.2 Å². The van der Waals surface area contributed by atoms with Crippen molar-refractivity contribution in [1.29, 1.82) is 0 Å². The van der Waals surface area contributed by atoms with Crippen molar-refractivity contribution in [3.05, 3.63) is 42.0 Å². The summed E-state index contributed by atoms with van der Waals surface area (Å²) in [6, 6.07) is 5.66. The number of carbonyl (C=O) groups excluding carboxylic acids is 1. The molecule has 2 heterocycles. The summed E-state index contributed by atoms with van der Waals surface area (Å²) in [4.78, 5) is 22.6. The van der Waals surface area contributed by atoms with Gasteiger partial charge in [0.25, 0.3) is 5.91 Å². The maximum absolute atomic E-state index is 13.8. The molecule has 0 saturated carbocycles. The first kappa shape index (κ1) is 21.6. The predicted octanol–water partition coefficient (Wildman–Crippen LogP) is 2.77. The second-order valence-corrected chi connectivity index (χ2v) is 7.25. The van der Waals surface area contributed by atoms with E-state index in [1.165, 1.54) is 19.5 Å². The summed E-state index contributed by atoms with van der Waals surface area (Å²) in [5.74, 6) is 0.283. The maximum atomic E-state index is 13.8. The number of hydrogen-bond acceptors (Lipinski definition) is 8. The lowest BCUT2D eigenvalue weighted by atomic mass is 10.1. The van der Waals surface area contributed by atoms with Crippen LogP contribution in [0.5, 0.6) is 17.2 Å². The van der Waals surface area contributed by atoms with Gasteiger partial charge in [-0.25, -0.2) is 14.4 Å². The molecule has 0 bridgehead atoms. The van der Waals surface area contributed by atoms with Crippen LogP contribution >= 0.6 is 0 Å². The molecule has 9 nitrogen and oxygen atoms in total. The summed E-state index contributed by atoms with van der Waals surface area (Å²) in [5, 5.41) is 13.5. The molecule has 1 amide bonds. The topological polar surface area (TPSA) is 106 Å². The quantitative estimate of drug-likeness (QED) is 0.600. The van der Waals surface area contributed by atoms with E-state index in [-0.39, 0.29) is 18.3 Å². The number of amides is 1. The fraction of sp³-hybridized carbons (Fsp3) is 0.318. The molecule has 168 valence electrons. The lowest BCUT2D eigenvalue weighted by molar-refractivity contribution is -0.137. The van der Waals surface area contributed by atoms with E-state index in [9.17, 15) is 14.3 Å². The van der Waals surface area contributed by atoms with Crippen LogP contribution in [0.3, 0.4) is 0 Å². The Kier molecular flexibility index (Phi) is 6.22. The van der Waals surface area contributed by atoms with Gasteiger partial charge in [-0.15, -0.1) is 0 Å². The molecule has 2 N–H and O–H groups in total. The molecule has 0 atom stereocenters. The van der Waals surface area contributed by atoms with E-state index in [1.54, 1.807) is 24.0 Å². The third kappa shape index (κ3) is 4.50. The van der Waals surface area contributed by atoms with Crippen molar-refractivity contribution in [3.63, 3.8) is 0 Å². The molecular weight excluding hydrogens is 419 g/mol. The number of benzene rings is 2. The summed E-state index contributed by atoms with van der Waals surface area (Å²) in [5.41, 5.74) is 1.39. The number of aromatic nitrogens is 2. The molecule has 4 rings (SSSR count). The number of phenols is 1. The fourth-order valence-electron chi connectivity index (χ4n) is 3.40. The summed E-state index contributed by atoms with van der Waals surface area (Å²) < 4.78 is 30.2. The zero-order valence-electron chi connectivity index (χ0n) is 17.7. The number of nitrogens with one attached hydrogen (secondary N) is 1. The minimum Gasteiger partial charge on any atom is -0.507 e. The second-order valence-electron chi connectivity index (χ2n) is 7.25. The van der Waals surface area contributed by atoms with Gasteiger partial charge < -0.3 is 29.5 Å². The van der Waals surface area contributed by atoms with Crippen LogP contribution in [0.1, 0.15) is 5.56 Å². The lowest BCUT2D eigenvalue weighted by Gasteiger charge is -2.26. The first-order valence-corrected chi connectivity index (χ1v) is 10.0. The highest BCUT2D eigenvalue weighted by Crippen LogP contribution is 2.36. The monoisotopic (exact) mass is 442 g/mol. The van der Waals surface area contributed by atoms with Crippen LogP contribution < -0.4 is 14.8 Å². The van der Waals surface area contributed by atoms with E-state index >= 15 is 0 Å². The van der Waals surface area contributed by atoms with Gasteiger partial charge in [0.05, 0.1) is 25.8 Å². The van der Waals surface area contributed by atoms with E-state index in [2.05, 4.69) is 15.3 Å². The first-order valence-electron chi connectivity index (χ1n) is 10.0. The standard InChI is InChI=1S/C22H23FN4O5/c1-13-16(7-14(23)8-18(13)28)26-22-15-9-19(30-2)20(10-17(15)24-12-25-22)32-11-21(29)27-3-5-31-6-4-27/h7-10,12,28H,3-6,11H2,1-2H3,(H,24,25,26). The molecule has 1 fully saturated rings. The van der Waals surface area contributed by atoms with Crippen molar-refractivity contribution in [3.8, 4) is 17.2 Å². The Bertz CT molecular complexity index is 1150. The predicted molar refractivity (Wildman–Crippen MR) is 115 cm³/mol. The number of aromatic hydroxyl groups is 1. The van der Waals surface area contributed by atoms with Gasteiger partial charge in [0.1, 0.15) is 23.7 Å². The SMILES string of the molecule is COc1cc2c(Nc3cc(F)cc(O)c3C)ncnc2cc1OCC(=O)N1CCOCC1. The van der Waals surface area contributed by atoms with Crippen LogP contribution in [0.25, 0.3) is 10.9 Å². The number of anilines is 2. The van der Waals surface area contributed by atoms with Gasteiger partial charge in [0.2, 0.25) is 0 Å². The summed E-state index contributed by atoms with van der Waals surface area (Å²) >= 11 is 0. The van der Waals surface area contributed by atoms with Gasteiger partial charge in [0, 0.05) is 41.9 Å². The Hall–Kier alpha value is -3.66. The molecular formula is C22H23FN4O5. The Morgan fingerprint density at radius 1 is 1.22 bits per heavy atom. The zero-order chi connectivity index (χ0) is 22.7. The number of fused-ring (bicyclic) bond motifs is 1. The van der Waals surface area contributed by atoms with Crippen LogP contribution in [0.4, 0.5) is 15.9 Å². The van der Waals surface area contributed by atoms with Crippen molar-refractivity contribution in [1.82, 2.24) is 14.9 Å². The van der Waals surface area contributed by atoms with Crippen LogP contribution in [0.15, 0.2) is 30.6 Å². The fourth-order valence-corrected chi connectivity index (χ4v) is 3.40. The molecule has 0 radical (unpaired) electrons. The average Bonchev–Trinajstić information content (AvgIpc) is 2.80. The van der Waals surface area contributed by atoms with Crippen LogP contribution in [-0.4, -0.2) is 65.9 Å². The third-order valence-electron chi connectivity index (χ3n) is 5.23. The first-order chi connectivity index (χ1) is 15.5. The van der Waals surface area contributed by atoms with Gasteiger partial charge >= 0.3 is 0 Å². The number of hydrogen-bond donors (Lipinski definition) is 2. The van der Waals surface area contributed by atoms with Gasteiger partial charge in [-0.1, -0.05) is 0 Å². The highest BCUT2D eigenvalue weighted by atomic mass is 19.1. The third-order valence-corrected chi connectivity index (χ3v) is 5.23. The number of halogens is 1. The molecule has 0 unspecified atom stereocenters. The average molecular weight is 442 g/mol. The molecule has 1 saturated heterocycles. The van der Waals surface area contributed by atoms with Crippen molar-refractivity contribution < 1.29 is 28.5 Å². The largest absolute Gasteiger partial charge is 0.507 e. The molecule has 1 aromatic heterocycles. The van der Waals surface area contributed by atoms with Crippen molar-refractivity contribution in [2.45, 2.75) is 6.92 Å². The smallest absolute Gasteiger partial charge is 0.260 e. The molecule has 10 heteroatoms. The number of nitrogens with zero attached hydrogens (tertiary/aromatic N) is 3. The molecule has 1 aliphatic heterocycles. The van der Waals surface area contributed by atoms with Gasteiger partial charge in [0.15, 0.2) is 18.1 Å². The summed E-state index contributed by atoms with van der Waals surface area (Å²) in [7, 11) is 1.49. The second kappa shape index (κ2) is 9.23. The zero-order valence-corrected chi connectivity index (χ0v) is 17.7. The van der Waals surface area contributed by atoms with E-state index in [0.717, 1.165) is 6.07 Å². The molecule has 0 spiro atoms. The number of morpholine rings is 1. The lowest BCUT2D eigenvalue weighted by Crippen LogP contribution is -2.43. The van der Waals surface area contributed by atoms with Gasteiger partial charge in [-0.2, -0.15) is 0 Å². The normalized spacial score (nSPS) is 13.8. The molecule has 0 aliphatic carbocycles. The Balaban J connectivity index is 1.60. The number of phenolic OH excluding ortho intramolecular Hbond substituents is 1. The van der Waals surface area contributed by atoms with Gasteiger partial charge in [-0.3, -0.25) is 4.79 Å². The van der Waals surface area contributed by atoms with Crippen LogP contribution in [-0.2, 0) is 9.53 Å².